The first-order valence-corrected chi connectivity index (χ1v) is 11.8. The number of allylic oxidation sites excluding steroid dienone is 5. The largest absolute Gasteiger partial charge is 0.481 e. The standard InChI is InChI=1S/C24H39NO5S/c1-17(2)9-7-10-18(3)11-8-12-19(4)13-14-31-16-20(22(27)28)25-21(26)15-24(5,6)23(29)30/h9,11,13,20H,7-8,10,12,14-16H2,1-6H3,(H,25,26)(H,27,28)(H,29,30)/t20-/m0/s1. The smallest absolute Gasteiger partial charge is 0.327 e. The van der Waals surface area contributed by atoms with E-state index in [1.807, 2.05) is 0 Å². The summed E-state index contributed by atoms with van der Waals surface area (Å²) in [4.78, 5) is 34.6. The fourth-order valence-electron chi connectivity index (χ4n) is 2.62. The van der Waals surface area contributed by atoms with Crippen LogP contribution in [0.5, 0.6) is 0 Å². The Morgan fingerprint density at radius 2 is 1.48 bits per heavy atom. The number of aliphatic carboxylic acids is 2. The first-order chi connectivity index (χ1) is 14.3. The number of carboxylic acid groups (broad SMARTS) is 2. The molecule has 0 aliphatic heterocycles. The summed E-state index contributed by atoms with van der Waals surface area (Å²) in [6.07, 6.45) is 10.4. The number of carbonyl (C=O) groups is 3. The van der Waals surface area contributed by atoms with Crippen molar-refractivity contribution >= 4 is 29.6 Å². The van der Waals surface area contributed by atoms with Crippen LogP contribution in [0.2, 0.25) is 0 Å². The van der Waals surface area contributed by atoms with E-state index in [9.17, 15) is 19.5 Å². The third kappa shape index (κ3) is 14.6. The second-order valence-electron chi connectivity index (χ2n) is 8.82. The summed E-state index contributed by atoms with van der Waals surface area (Å²) in [5, 5.41) is 20.9. The van der Waals surface area contributed by atoms with Gasteiger partial charge < -0.3 is 15.5 Å². The molecule has 1 amide bonds. The van der Waals surface area contributed by atoms with Gasteiger partial charge in [0.2, 0.25) is 5.91 Å². The predicted molar refractivity (Wildman–Crippen MR) is 128 cm³/mol. The molecule has 7 heteroatoms. The van der Waals surface area contributed by atoms with Crippen LogP contribution in [-0.2, 0) is 14.4 Å². The number of amides is 1. The molecule has 6 nitrogen and oxygen atoms in total. The van der Waals surface area contributed by atoms with Gasteiger partial charge in [-0.25, -0.2) is 4.79 Å². The van der Waals surface area contributed by atoms with Crippen molar-refractivity contribution in [2.24, 2.45) is 5.41 Å². The maximum Gasteiger partial charge on any atom is 0.327 e. The number of rotatable bonds is 15. The van der Waals surface area contributed by atoms with Gasteiger partial charge in [0, 0.05) is 17.9 Å². The molecule has 0 aliphatic carbocycles. The van der Waals surface area contributed by atoms with E-state index < -0.39 is 29.3 Å². The SMILES string of the molecule is CC(C)=CCCC(C)=CCCC(C)=CCSC[C@H](NC(=O)CC(C)(C)C(=O)O)C(=O)O. The third-order valence-corrected chi connectivity index (χ3v) is 5.74. The Morgan fingerprint density at radius 1 is 0.935 bits per heavy atom. The molecule has 1 atom stereocenters. The molecule has 0 aliphatic rings. The minimum absolute atomic E-state index is 0.224. The minimum atomic E-state index is -1.24. The molecule has 0 aromatic carbocycles. The van der Waals surface area contributed by atoms with Gasteiger partial charge in [-0.1, -0.05) is 34.9 Å². The van der Waals surface area contributed by atoms with Gasteiger partial charge in [-0.3, -0.25) is 9.59 Å². The maximum atomic E-state index is 12.0. The highest BCUT2D eigenvalue weighted by Gasteiger charge is 2.31. The summed E-state index contributed by atoms with van der Waals surface area (Å²) in [6, 6.07) is -1.04. The highest BCUT2D eigenvalue weighted by atomic mass is 32.2. The monoisotopic (exact) mass is 453 g/mol. The second-order valence-corrected chi connectivity index (χ2v) is 9.90. The summed E-state index contributed by atoms with van der Waals surface area (Å²) in [5.74, 6) is -1.90. The molecule has 176 valence electrons. The Kier molecular flexibility index (Phi) is 13.9. The molecule has 0 spiro atoms. The molecule has 0 rings (SSSR count). The van der Waals surface area contributed by atoms with Crippen LogP contribution in [-0.4, -0.2) is 45.6 Å². The van der Waals surface area contributed by atoms with E-state index in [1.165, 1.54) is 42.3 Å². The van der Waals surface area contributed by atoms with Crippen LogP contribution in [0, 0.1) is 5.41 Å². The van der Waals surface area contributed by atoms with Crippen molar-refractivity contribution in [2.75, 3.05) is 11.5 Å². The Morgan fingerprint density at radius 3 is 2.00 bits per heavy atom. The number of carbonyl (C=O) groups excluding carboxylic acids is 1. The van der Waals surface area contributed by atoms with E-state index in [2.05, 4.69) is 51.2 Å². The van der Waals surface area contributed by atoms with Gasteiger partial charge in [0.1, 0.15) is 6.04 Å². The number of thioether (sulfide) groups is 1. The molecule has 0 bridgehead atoms. The highest BCUT2D eigenvalue weighted by molar-refractivity contribution is 7.99. The maximum absolute atomic E-state index is 12.0. The molecule has 31 heavy (non-hydrogen) atoms. The first kappa shape index (κ1) is 29.0. The van der Waals surface area contributed by atoms with E-state index in [0.717, 1.165) is 25.7 Å². The van der Waals surface area contributed by atoms with Crippen LogP contribution >= 0.6 is 11.8 Å². The fourth-order valence-corrected chi connectivity index (χ4v) is 3.62. The molecular formula is C24H39NO5S. The van der Waals surface area contributed by atoms with E-state index in [4.69, 9.17) is 5.11 Å². The van der Waals surface area contributed by atoms with E-state index in [1.54, 1.807) is 0 Å². The molecular weight excluding hydrogens is 414 g/mol. The zero-order chi connectivity index (χ0) is 24.0. The quantitative estimate of drug-likeness (QED) is 0.232. The van der Waals surface area contributed by atoms with Crippen LogP contribution < -0.4 is 5.32 Å². The van der Waals surface area contributed by atoms with Crippen molar-refractivity contribution < 1.29 is 24.6 Å². The van der Waals surface area contributed by atoms with E-state index in [0.29, 0.717) is 5.75 Å². The van der Waals surface area contributed by atoms with Crippen LogP contribution in [0.4, 0.5) is 0 Å². The molecule has 0 saturated carbocycles. The van der Waals surface area contributed by atoms with Gasteiger partial charge in [0.15, 0.2) is 0 Å². The molecule has 3 N–H and O–H groups in total. The topological polar surface area (TPSA) is 104 Å². The average Bonchev–Trinajstić information content (AvgIpc) is 2.63. The van der Waals surface area contributed by atoms with Gasteiger partial charge >= 0.3 is 11.9 Å². The van der Waals surface area contributed by atoms with E-state index >= 15 is 0 Å². The first-order valence-electron chi connectivity index (χ1n) is 10.6. The van der Waals surface area contributed by atoms with Gasteiger partial charge in [-0.15, -0.1) is 0 Å². The summed E-state index contributed by atoms with van der Waals surface area (Å²) >= 11 is 1.43. The van der Waals surface area contributed by atoms with Crippen molar-refractivity contribution in [3.63, 3.8) is 0 Å². The lowest BCUT2D eigenvalue weighted by Gasteiger charge is -2.20. The number of carboxylic acids is 2. The minimum Gasteiger partial charge on any atom is -0.481 e. The summed E-state index contributed by atoms with van der Waals surface area (Å²) in [5.41, 5.74) is 2.75. The van der Waals surface area contributed by atoms with Gasteiger partial charge in [0.05, 0.1) is 5.41 Å². The van der Waals surface area contributed by atoms with Crippen LogP contribution in [0.3, 0.4) is 0 Å². The van der Waals surface area contributed by atoms with Crippen molar-refractivity contribution in [1.82, 2.24) is 5.32 Å². The second kappa shape index (κ2) is 14.9. The van der Waals surface area contributed by atoms with Gasteiger partial charge in [0.25, 0.3) is 0 Å². The van der Waals surface area contributed by atoms with Crippen molar-refractivity contribution in [3.8, 4) is 0 Å². The van der Waals surface area contributed by atoms with Crippen LogP contribution in [0.15, 0.2) is 34.9 Å². The van der Waals surface area contributed by atoms with Crippen molar-refractivity contribution in [3.05, 3.63) is 34.9 Å². The molecule has 0 aromatic rings. The average molecular weight is 454 g/mol. The lowest BCUT2D eigenvalue weighted by molar-refractivity contribution is -0.150. The molecule has 0 radical (unpaired) electrons. The third-order valence-electron chi connectivity index (χ3n) is 4.77. The van der Waals surface area contributed by atoms with Crippen molar-refractivity contribution in [2.45, 2.75) is 79.7 Å². The lowest BCUT2D eigenvalue weighted by atomic mass is 9.89. The van der Waals surface area contributed by atoms with E-state index in [-0.39, 0.29) is 12.2 Å². The van der Waals surface area contributed by atoms with Crippen molar-refractivity contribution in [1.29, 1.82) is 0 Å². The molecule has 0 unspecified atom stereocenters. The van der Waals surface area contributed by atoms with Gasteiger partial charge in [-0.2, -0.15) is 11.8 Å². The summed E-state index contributed by atoms with van der Waals surface area (Å²) in [6.45, 7) is 11.3. The van der Waals surface area contributed by atoms with Gasteiger partial charge in [-0.05, 0) is 67.2 Å². The molecule has 0 aromatic heterocycles. The number of hydrogen-bond donors (Lipinski definition) is 3. The zero-order valence-electron chi connectivity index (χ0n) is 19.8. The number of nitrogens with one attached hydrogen (secondary N) is 1. The summed E-state index contributed by atoms with van der Waals surface area (Å²) in [7, 11) is 0. The molecule has 0 saturated heterocycles. The highest BCUT2D eigenvalue weighted by Crippen LogP contribution is 2.20. The lowest BCUT2D eigenvalue weighted by Crippen LogP contribution is -2.44. The normalized spacial score (nSPS) is 13.5. The Balaban J connectivity index is 4.38. The molecule has 0 heterocycles. The summed E-state index contributed by atoms with van der Waals surface area (Å²) < 4.78 is 0. The Labute approximate surface area is 191 Å². The zero-order valence-corrected chi connectivity index (χ0v) is 20.6. The fraction of sp³-hybridized carbons (Fsp3) is 0.625. The van der Waals surface area contributed by atoms with Crippen LogP contribution in [0.1, 0.15) is 73.6 Å². The Bertz CT molecular complexity index is 703. The number of hydrogen-bond acceptors (Lipinski definition) is 4. The predicted octanol–water partition coefficient (Wildman–Crippen LogP) is 5.21. The Hall–Kier alpha value is -2.02. The molecule has 0 fully saturated rings. The van der Waals surface area contributed by atoms with Crippen LogP contribution in [0.25, 0.3) is 0 Å².